The predicted molar refractivity (Wildman–Crippen MR) is 60.5 cm³/mol. The lowest BCUT2D eigenvalue weighted by Crippen LogP contribution is -2.51. The van der Waals surface area contributed by atoms with Gasteiger partial charge in [-0.1, -0.05) is 26.2 Å². The van der Waals surface area contributed by atoms with Crippen molar-refractivity contribution in [1.29, 1.82) is 0 Å². The van der Waals surface area contributed by atoms with Crippen molar-refractivity contribution in [2.45, 2.75) is 45.1 Å². The SMILES string of the molecule is CCCC1CNCCN1CCC1CC1. The van der Waals surface area contributed by atoms with Crippen LogP contribution in [-0.2, 0) is 0 Å². The Morgan fingerprint density at radius 2 is 2.14 bits per heavy atom. The summed E-state index contributed by atoms with van der Waals surface area (Å²) >= 11 is 0. The van der Waals surface area contributed by atoms with Crippen molar-refractivity contribution in [1.82, 2.24) is 10.2 Å². The van der Waals surface area contributed by atoms with E-state index in [1.807, 2.05) is 0 Å². The summed E-state index contributed by atoms with van der Waals surface area (Å²) in [6.07, 6.45) is 7.17. The molecule has 1 unspecified atom stereocenters. The molecule has 1 heterocycles. The van der Waals surface area contributed by atoms with Gasteiger partial charge in [-0.3, -0.25) is 4.90 Å². The van der Waals surface area contributed by atoms with Crippen LogP contribution in [0.25, 0.3) is 0 Å². The van der Waals surface area contributed by atoms with Crippen LogP contribution in [0.3, 0.4) is 0 Å². The second-order valence-corrected chi connectivity index (χ2v) is 4.91. The van der Waals surface area contributed by atoms with Gasteiger partial charge in [-0.05, 0) is 25.3 Å². The second-order valence-electron chi connectivity index (χ2n) is 4.91. The van der Waals surface area contributed by atoms with E-state index in [9.17, 15) is 0 Å². The fourth-order valence-electron chi connectivity index (χ4n) is 2.47. The van der Waals surface area contributed by atoms with Gasteiger partial charge in [0, 0.05) is 25.7 Å². The van der Waals surface area contributed by atoms with Crippen LogP contribution in [0.2, 0.25) is 0 Å². The smallest absolute Gasteiger partial charge is 0.0221 e. The lowest BCUT2D eigenvalue weighted by atomic mass is 10.1. The van der Waals surface area contributed by atoms with Gasteiger partial charge in [-0.2, -0.15) is 0 Å². The van der Waals surface area contributed by atoms with E-state index in [-0.39, 0.29) is 0 Å². The van der Waals surface area contributed by atoms with Gasteiger partial charge >= 0.3 is 0 Å². The van der Waals surface area contributed by atoms with E-state index >= 15 is 0 Å². The van der Waals surface area contributed by atoms with Gasteiger partial charge in [0.25, 0.3) is 0 Å². The molecule has 0 aromatic heterocycles. The fraction of sp³-hybridized carbons (Fsp3) is 1.00. The maximum Gasteiger partial charge on any atom is 0.0221 e. The third kappa shape index (κ3) is 2.96. The molecule has 1 aliphatic carbocycles. The van der Waals surface area contributed by atoms with Crippen LogP contribution in [0.15, 0.2) is 0 Å². The average molecular weight is 196 g/mol. The van der Waals surface area contributed by atoms with Crippen LogP contribution in [0, 0.1) is 5.92 Å². The summed E-state index contributed by atoms with van der Waals surface area (Å²) in [5.41, 5.74) is 0. The Morgan fingerprint density at radius 1 is 1.29 bits per heavy atom. The highest BCUT2D eigenvalue weighted by Gasteiger charge is 2.25. The van der Waals surface area contributed by atoms with Gasteiger partial charge in [-0.25, -0.2) is 0 Å². The zero-order valence-corrected chi connectivity index (χ0v) is 9.47. The molecule has 2 rings (SSSR count). The number of piperazine rings is 1. The molecule has 2 aliphatic rings. The minimum Gasteiger partial charge on any atom is -0.314 e. The Morgan fingerprint density at radius 3 is 2.86 bits per heavy atom. The van der Waals surface area contributed by atoms with Crippen molar-refractivity contribution >= 4 is 0 Å². The number of nitrogens with zero attached hydrogens (tertiary/aromatic N) is 1. The molecule has 2 nitrogen and oxygen atoms in total. The normalized spacial score (nSPS) is 29.4. The lowest BCUT2D eigenvalue weighted by molar-refractivity contribution is 0.148. The molecule has 2 fully saturated rings. The summed E-state index contributed by atoms with van der Waals surface area (Å²) in [6.45, 7) is 7.35. The van der Waals surface area contributed by atoms with E-state index in [1.165, 1.54) is 58.3 Å². The van der Waals surface area contributed by atoms with Crippen LogP contribution in [-0.4, -0.2) is 37.1 Å². The highest BCUT2D eigenvalue weighted by Crippen LogP contribution is 2.32. The van der Waals surface area contributed by atoms with E-state index in [0.29, 0.717) is 0 Å². The molecule has 0 aromatic carbocycles. The number of rotatable bonds is 5. The Labute approximate surface area is 88.1 Å². The number of hydrogen-bond donors (Lipinski definition) is 1. The van der Waals surface area contributed by atoms with E-state index in [4.69, 9.17) is 0 Å². The zero-order chi connectivity index (χ0) is 9.80. The molecule has 0 amide bonds. The fourth-order valence-corrected chi connectivity index (χ4v) is 2.47. The number of hydrogen-bond acceptors (Lipinski definition) is 2. The van der Waals surface area contributed by atoms with Crippen LogP contribution in [0.5, 0.6) is 0 Å². The molecule has 14 heavy (non-hydrogen) atoms. The van der Waals surface area contributed by atoms with Crippen molar-refractivity contribution < 1.29 is 0 Å². The third-order valence-corrected chi connectivity index (χ3v) is 3.62. The maximum atomic E-state index is 3.51. The standard InChI is InChI=1S/C12H24N2/c1-2-3-12-10-13-7-9-14(12)8-6-11-4-5-11/h11-13H,2-10H2,1H3. The average Bonchev–Trinajstić information content (AvgIpc) is 3.01. The summed E-state index contributed by atoms with van der Waals surface area (Å²) in [4.78, 5) is 2.72. The molecule has 82 valence electrons. The molecule has 1 saturated carbocycles. The van der Waals surface area contributed by atoms with Crippen molar-refractivity contribution in [3.05, 3.63) is 0 Å². The summed E-state index contributed by atoms with van der Waals surface area (Å²) in [7, 11) is 0. The minimum atomic E-state index is 0.826. The van der Waals surface area contributed by atoms with Gasteiger partial charge in [0.1, 0.15) is 0 Å². The molecule has 1 aliphatic heterocycles. The molecule has 0 radical (unpaired) electrons. The molecular weight excluding hydrogens is 172 g/mol. The maximum absolute atomic E-state index is 3.51. The summed E-state index contributed by atoms with van der Waals surface area (Å²) < 4.78 is 0. The lowest BCUT2D eigenvalue weighted by Gasteiger charge is -2.36. The quantitative estimate of drug-likeness (QED) is 0.722. The van der Waals surface area contributed by atoms with Gasteiger partial charge in [-0.15, -0.1) is 0 Å². The molecule has 1 N–H and O–H groups in total. The summed E-state index contributed by atoms with van der Waals surface area (Å²) in [5, 5.41) is 3.51. The van der Waals surface area contributed by atoms with E-state index < -0.39 is 0 Å². The Hall–Kier alpha value is -0.0800. The van der Waals surface area contributed by atoms with Crippen molar-refractivity contribution in [3.63, 3.8) is 0 Å². The molecule has 0 aromatic rings. The first-order valence-electron chi connectivity index (χ1n) is 6.35. The first kappa shape index (κ1) is 10.4. The molecule has 0 spiro atoms. The highest BCUT2D eigenvalue weighted by molar-refractivity contribution is 4.82. The van der Waals surface area contributed by atoms with Crippen molar-refractivity contribution in [2.24, 2.45) is 5.92 Å². The van der Waals surface area contributed by atoms with Gasteiger partial charge < -0.3 is 5.32 Å². The molecular formula is C12H24N2. The highest BCUT2D eigenvalue weighted by atomic mass is 15.2. The van der Waals surface area contributed by atoms with E-state index in [1.54, 1.807) is 0 Å². The first-order chi connectivity index (χ1) is 6.90. The van der Waals surface area contributed by atoms with Crippen LogP contribution >= 0.6 is 0 Å². The Balaban J connectivity index is 1.72. The van der Waals surface area contributed by atoms with E-state index in [0.717, 1.165) is 12.0 Å². The van der Waals surface area contributed by atoms with Crippen molar-refractivity contribution in [3.8, 4) is 0 Å². The zero-order valence-electron chi connectivity index (χ0n) is 9.47. The van der Waals surface area contributed by atoms with Gasteiger partial charge in [0.05, 0.1) is 0 Å². The summed E-state index contributed by atoms with van der Waals surface area (Å²) in [5.74, 6) is 1.09. The molecule has 2 heteroatoms. The van der Waals surface area contributed by atoms with Crippen LogP contribution in [0.1, 0.15) is 39.0 Å². The van der Waals surface area contributed by atoms with Crippen LogP contribution in [0.4, 0.5) is 0 Å². The van der Waals surface area contributed by atoms with Crippen molar-refractivity contribution in [2.75, 3.05) is 26.2 Å². The monoisotopic (exact) mass is 196 g/mol. The van der Waals surface area contributed by atoms with Gasteiger partial charge in [0.2, 0.25) is 0 Å². The minimum absolute atomic E-state index is 0.826. The largest absolute Gasteiger partial charge is 0.314 e. The topological polar surface area (TPSA) is 15.3 Å². The Bertz CT molecular complexity index is 164. The molecule has 0 bridgehead atoms. The second kappa shape index (κ2) is 5.13. The first-order valence-corrected chi connectivity index (χ1v) is 6.35. The number of nitrogens with one attached hydrogen (secondary N) is 1. The van der Waals surface area contributed by atoms with Crippen LogP contribution < -0.4 is 5.32 Å². The third-order valence-electron chi connectivity index (χ3n) is 3.62. The van der Waals surface area contributed by atoms with E-state index in [2.05, 4.69) is 17.1 Å². The molecule has 1 saturated heterocycles. The van der Waals surface area contributed by atoms with Gasteiger partial charge in [0.15, 0.2) is 0 Å². The molecule has 1 atom stereocenters. The summed E-state index contributed by atoms with van der Waals surface area (Å²) in [6, 6.07) is 0.826. The predicted octanol–water partition coefficient (Wildman–Crippen LogP) is 1.86. The Kier molecular flexibility index (Phi) is 3.82.